The molecule has 0 heterocycles. The molecule has 16 valence electrons. The Kier molecular flexibility index (Phi) is 101. The van der Waals surface area contributed by atoms with E-state index in [2.05, 4.69) is 0 Å². The maximum atomic E-state index is 0. The maximum absolute atomic E-state index is 0. The van der Waals surface area contributed by atoms with Crippen LogP contribution in [0.4, 0.5) is 0 Å². The van der Waals surface area contributed by atoms with Crippen molar-refractivity contribution in [1.82, 2.24) is 0 Å². The summed E-state index contributed by atoms with van der Waals surface area (Å²) in [6.07, 6.45) is 0. The molecule has 0 aromatic heterocycles. The Morgan fingerprint density at radius 1 is 1.25 bits per heavy atom. The third-order valence-corrected chi connectivity index (χ3v) is 0. The third-order valence-electron chi connectivity index (χ3n) is 0. The van der Waals surface area contributed by atoms with Gasteiger partial charge in [-0.05, 0) is 0 Å². The molecule has 0 aliphatic rings. The monoisotopic (exact) mass is 342 g/mol. The average Bonchev–Trinajstić information content (AvgIpc) is 0. The third kappa shape index (κ3) is 9.19. The van der Waals surface area contributed by atoms with Crippen molar-refractivity contribution in [3.8, 4) is 0 Å². The molecule has 0 aromatic carbocycles. The Bertz CT molecular complexity index is 11.6. The van der Waals surface area contributed by atoms with Gasteiger partial charge in [0.2, 0.25) is 0 Å². The van der Waals surface area contributed by atoms with Crippen molar-refractivity contribution in [2.75, 3.05) is 0 Å². The predicted octanol–water partition coefficient (Wildman–Crippen LogP) is -2.89. The van der Waals surface area contributed by atoms with Crippen LogP contribution in [0.15, 0.2) is 0 Å². The van der Waals surface area contributed by atoms with Gasteiger partial charge < -0.3 is 1.43 Å². The molecule has 0 unspecified atom stereocenters. The summed E-state index contributed by atoms with van der Waals surface area (Å²) in [6, 6.07) is 0. The maximum Gasteiger partial charge on any atom is 1.00 e. The van der Waals surface area contributed by atoms with Crippen LogP contribution in [0.25, 0.3) is 0 Å². The molecule has 0 spiro atoms. The molecule has 0 saturated heterocycles. The first-order chi connectivity index (χ1) is 0. The van der Waals surface area contributed by atoms with Gasteiger partial charge in [0.05, 0.1) is 0 Å². The first-order valence-electron chi connectivity index (χ1n) is 0. The van der Waals surface area contributed by atoms with E-state index < -0.39 is 0 Å². The molecule has 4 heteroatoms. The van der Waals surface area contributed by atoms with E-state index in [0.29, 0.717) is 0 Å². The summed E-state index contributed by atoms with van der Waals surface area (Å²) in [5.41, 5.74) is 0. The van der Waals surface area contributed by atoms with Crippen LogP contribution in [0.1, 0.15) is 1.43 Å². The number of rotatable bonds is 0. The van der Waals surface area contributed by atoms with Gasteiger partial charge in [0.25, 0.3) is 0 Å². The van der Waals surface area contributed by atoms with E-state index >= 15 is 0 Å². The molecule has 0 rings (SSSR count). The first kappa shape index (κ1) is 25.3. The molecular weight excluding hydrogens is 341 g/mol. The van der Waals surface area contributed by atoms with Crippen LogP contribution in [0.5, 0.6) is 0 Å². The smallest absolute Gasteiger partial charge is 1.00 e. The minimum atomic E-state index is 0. The van der Waals surface area contributed by atoms with Crippen molar-refractivity contribution in [1.29, 1.82) is 0 Å². The molecule has 0 aliphatic heterocycles. The molecule has 0 saturated carbocycles. The second-order valence-corrected chi connectivity index (χ2v) is 0. The van der Waals surface area contributed by atoms with Crippen LogP contribution in [-0.2, 0) is 17.1 Å². The van der Waals surface area contributed by atoms with Crippen molar-refractivity contribution in [2.45, 2.75) is 0 Å². The van der Waals surface area contributed by atoms with Gasteiger partial charge in [0.15, 0.2) is 0 Å². The minimum Gasteiger partial charge on any atom is -1.00 e. The van der Waals surface area contributed by atoms with Crippen molar-refractivity contribution in [2.24, 2.45) is 0 Å². The van der Waals surface area contributed by atoms with Crippen LogP contribution in [0.2, 0.25) is 0 Å². The summed E-state index contributed by atoms with van der Waals surface area (Å²) in [7, 11) is 0. The summed E-state index contributed by atoms with van der Waals surface area (Å²) in [5, 5.41) is 0. The summed E-state index contributed by atoms with van der Waals surface area (Å²) in [6.45, 7) is 0. The fourth-order valence-corrected chi connectivity index (χ4v) is 0. The zero-order valence-electron chi connectivity index (χ0n) is 3.46. The number of hydrogen-bond acceptors (Lipinski definition) is 0. The van der Waals surface area contributed by atoms with E-state index in [-0.39, 0.29) is 115 Å². The van der Waals surface area contributed by atoms with Gasteiger partial charge in [-0.15, -0.1) is 0 Å². The largest absolute Gasteiger partial charge is 1.00 e. The minimum absolute atomic E-state index is 0. The summed E-state index contributed by atoms with van der Waals surface area (Å²) in [4.78, 5) is 0. The van der Waals surface area contributed by atoms with Gasteiger partial charge >= 0.3 is 18.9 Å². The van der Waals surface area contributed by atoms with Crippen molar-refractivity contribution >= 4 is 0 Å². The second kappa shape index (κ2) is 15.9. The topological polar surface area (TPSA) is 0 Å². The molecule has 0 atom stereocenters. The second-order valence-electron chi connectivity index (χ2n) is 0. The van der Waals surface area contributed by atoms with Gasteiger partial charge in [0.1, 0.15) is 0 Å². The van der Waals surface area contributed by atoms with Crippen LogP contribution in [0.3, 0.4) is 0 Å². The Morgan fingerprint density at radius 2 is 1.25 bits per heavy atom. The molecule has 0 nitrogen and oxygen atoms in total. The van der Waals surface area contributed by atoms with Crippen LogP contribution < -0.4 is 18.9 Å². The van der Waals surface area contributed by atoms with Crippen LogP contribution >= 0.6 is 0 Å². The molecule has 4 heavy (non-hydrogen) atoms. The summed E-state index contributed by atoms with van der Waals surface area (Å²) < 4.78 is 0. The number of hydrogen-bond donors (Lipinski definition) is 0. The van der Waals surface area contributed by atoms with Gasteiger partial charge in [-0.3, -0.25) is 0 Å². The molecule has 0 amide bonds. The van der Waals surface area contributed by atoms with Gasteiger partial charge in [-0.1, -0.05) is 0 Å². The van der Waals surface area contributed by atoms with E-state index in [1.807, 2.05) is 0 Å². The standard InChI is InChI=1S/Ce.La.Li.Mn.H/q;;+1;;-1. The normalized spacial score (nSPS) is 0. The quantitative estimate of drug-likeness (QED) is 0.415. The van der Waals surface area contributed by atoms with Crippen molar-refractivity contribution in [3.63, 3.8) is 0 Å². The molecule has 2 radical (unpaired) electrons. The molecule has 0 aromatic rings. The molecule has 0 aliphatic carbocycles. The predicted molar refractivity (Wildman–Crippen MR) is 1.11 cm³/mol. The van der Waals surface area contributed by atoms with Crippen LogP contribution in [-0.4, -0.2) is 0 Å². The zero-order chi connectivity index (χ0) is 0. The Morgan fingerprint density at radius 3 is 1.25 bits per heavy atom. The fraction of sp³-hybridized carbons (Fsp3) is 0. The first-order valence-corrected chi connectivity index (χ1v) is 0. The summed E-state index contributed by atoms with van der Waals surface area (Å²) >= 11 is 0. The van der Waals surface area contributed by atoms with Gasteiger partial charge in [-0.2, -0.15) is 0 Å². The van der Waals surface area contributed by atoms with Crippen LogP contribution in [0, 0.1) is 77.3 Å². The molecule has 0 N–H and O–H groups in total. The summed E-state index contributed by atoms with van der Waals surface area (Å²) in [5.74, 6) is 0. The average molecular weight is 342 g/mol. The van der Waals surface area contributed by atoms with Gasteiger partial charge in [0, 0.05) is 94.4 Å². The van der Waals surface area contributed by atoms with E-state index in [1.165, 1.54) is 0 Å². The van der Waals surface area contributed by atoms with E-state index in [4.69, 9.17) is 0 Å². The van der Waals surface area contributed by atoms with E-state index in [9.17, 15) is 0 Å². The van der Waals surface area contributed by atoms with Crippen molar-refractivity contribution < 1.29 is 115 Å². The molecule has 0 bridgehead atoms. The zero-order valence-corrected chi connectivity index (χ0v) is 10.4. The Balaban J connectivity index is 0. The van der Waals surface area contributed by atoms with E-state index in [1.54, 1.807) is 0 Å². The Hall–Kier alpha value is 3.69. The van der Waals surface area contributed by atoms with E-state index in [0.717, 1.165) is 0 Å². The van der Waals surface area contributed by atoms with Gasteiger partial charge in [-0.25, -0.2) is 0 Å². The molecular formula is HCeLaLiMn. The SMILES string of the molecule is [Ce].[H-].[La].[Li+].[Mn]. The van der Waals surface area contributed by atoms with Crippen molar-refractivity contribution in [3.05, 3.63) is 0 Å². The Labute approximate surface area is 112 Å². The molecule has 0 fully saturated rings. The fourth-order valence-electron chi connectivity index (χ4n) is 0.